The summed E-state index contributed by atoms with van der Waals surface area (Å²) in [6.07, 6.45) is 6.53. The molecule has 122 valence electrons. The van der Waals surface area contributed by atoms with Gasteiger partial charge in [0.15, 0.2) is 0 Å². The second-order valence-electron chi connectivity index (χ2n) is 7.44. The number of nitrogens with zero attached hydrogens (tertiary/aromatic N) is 2. The van der Waals surface area contributed by atoms with Gasteiger partial charge in [0.25, 0.3) is 0 Å². The molecule has 0 N–H and O–H groups in total. The highest BCUT2D eigenvalue weighted by Gasteiger charge is 2.52. The molecule has 1 spiro atoms. The number of carbonyl (C=O) groups excluding carboxylic acids is 2. The van der Waals surface area contributed by atoms with E-state index >= 15 is 0 Å². The summed E-state index contributed by atoms with van der Waals surface area (Å²) in [4.78, 5) is 28.9. The molecule has 1 heterocycles. The minimum atomic E-state index is -0.356. The number of aryl methyl sites for hydroxylation is 1. The zero-order valence-electron chi connectivity index (χ0n) is 13.8. The van der Waals surface area contributed by atoms with Crippen LogP contribution < -0.4 is 0 Å². The van der Waals surface area contributed by atoms with Crippen molar-refractivity contribution in [3.05, 3.63) is 35.4 Å². The summed E-state index contributed by atoms with van der Waals surface area (Å²) >= 11 is 0. The number of hydrogen-bond acceptors (Lipinski definition) is 3. The van der Waals surface area contributed by atoms with Crippen LogP contribution in [0.1, 0.15) is 55.7 Å². The molecular weight excluding hydrogens is 288 g/mol. The zero-order valence-corrected chi connectivity index (χ0v) is 13.8. The van der Waals surface area contributed by atoms with Crippen molar-refractivity contribution >= 4 is 11.8 Å². The van der Waals surface area contributed by atoms with E-state index in [9.17, 15) is 9.59 Å². The molecule has 4 nitrogen and oxygen atoms in total. The maximum absolute atomic E-state index is 12.8. The van der Waals surface area contributed by atoms with Crippen molar-refractivity contribution in [1.29, 1.82) is 0 Å². The first-order chi connectivity index (χ1) is 11.1. The predicted molar refractivity (Wildman–Crippen MR) is 87.5 cm³/mol. The number of carbonyl (C=O) groups is 2. The van der Waals surface area contributed by atoms with E-state index in [1.807, 2.05) is 7.05 Å². The third kappa shape index (κ3) is 2.31. The molecule has 0 bridgehead atoms. The number of amides is 2. The monoisotopic (exact) mass is 312 g/mol. The van der Waals surface area contributed by atoms with E-state index < -0.39 is 0 Å². The van der Waals surface area contributed by atoms with Crippen molar-refractivity contribution in [2.75, 3.05) is 13.7 Å². The Balaban J connectivity index is 1.50. The summed E-state index contributed by atoms with van der Waals surface area (Å²) in [5.74, 6) is 0.105. The average molecular weight is 312 g/mol. The van der Waals surface area contributed by atoms with Crippen LogP contribution in [0.4, 0.5) is 0 Å². The van der Waals surface area contributed by atoms with Gasteiger partial charge >= 0.3 is 0 Å². The maximum Gasteiger partial charge on any atom is 0.237 e. The Morgan fingerprint density at radius 2 is 1.96 bits per heavy atom. The number of hydrogen-bond donors (Lipinski definition) is 0. The van der Waals surface area contributed by atoms with Gasteiger partial charge in [-0.1, -0.05) is 37.1 Å². The molecule has 1 saturated heterocycles. The summed E-state index contributed by atoms with van der Waals surface area (Å²) < 4.78 is 0. The Bertz CT molecular complexity index is 649. The SMILES string of the molecule is CN(CN1C(=O)CC2(CCCC2)C1=O)[C@H]1CCc2ccccc21. The fraction of sp³-hybridized carbons (Fsp3) is 0.579. The van der Waals surface area contributed by atoms with Crippen molar-refractivity contribution in [1.82, 2.24) is 9.80 Å². The number of benzene rings is 1. The molecule has 1 saturated carbocycles. The first-order valence-electron chi connectivity index (χ1n) is 8.74. The van der Waals surface area contributed by atoms with Gasteiger partial charge in [-0.3, -0.25) is 19.4 Å². The molecule has 4 rings (SSSR count). The van der Waals surface area contributed by atoms with E-state index in [1.54, 1.807) is 0 Å². The van der Waals surface area contributed by atoms with Crippen LogP contribution in [0.2, 0.25) is 0 Å². The lowest BCUT2D eigenvalue weighted by Gasteiger charge is -2.30. The predicted octanol–water partition coefficient (Wildman–Crippen LogP) is 2.88. The first kappa shape index (κ1) is 14.9. The number of fused-ring (bicyclic) bond motifs is 1. The molecule has 2 aliphatic carbocycles. The van der Waals surface area contributed by atoms with Crippen molar-refractivity contribution in [2.24, 2.45) is 5.41 Å². The number of imide groups is 1. The fourth-order valence-electron chi connectivity index (χ4n) is 4.76. The Morgan fingerprint density at radius 3 is 2.74 bits per heavy atom. The molecule has 4 heteroatoms. The fourth-order valence-corrected chi connectivity index (χ4v) is 4.76. The molecule has 1 aromatic rings. The average Bonchev–Trinajstić information content (AvgIpc) is 3.23. The molecular formula is C19H24N2O2. The van der Waals surface area contributed by atoms with E-state index in [1.165, 1.54) is 16.0 Å². The number of rotatable bonds is 3. The zero-order chi connectivity index (χ0) is 16.0. The molecule has 1 aliphatic heterocycles. The molecule has 2 amide bonds. The molecule has 2 fully saturated rings. The van der Waals surface area contributed by atoms with Crippen molar-refractivity contribution in [3.63, 3.8) is 0 Å². The lowest BCUT2D eigenvalue weighted by molar-refractivity contribution is -0.144. The van der Waals surface area contributed by atoms with Gasteiger partial charge in [0.05, 0.1) is 12.1 Å². The van der Waals surface area contributed by atoms with Crippen LogP contribution in [0, 0.1) is 5.41 Å². The van der Waals surface area contributed by atoms with Crippen LogP contribution in [0.25, 0.3) is 0 Å². The molecule has 1 atom stereocenters. The van der Waals surface area contributed by atoms with Gasteiger partial charge in [-0.25, -0.2) is 0 Å². The molecule has 0 aromatic heterocycles. The highest BCUT2D eigenvalue weighted by Crippen LogP contribution is 2.47. The van der Waals surface area contributed by atoms with Crippen LogP contribution in [0.15, 0.2) is 24.3 Å². The lowest BCUT2D eigenvalue weighted by atomic mass is 9.85. The van der Waals surface area contributed by atoms with E-state index in [0.29, 0.717) is 19.1 Å². The van der Waals surface area contributed by atoms with Crippen molar-refractivity contribution < 1.29 is 9.59 Å². The summed E-state index contributed by atoms with van der Waals surface area (Å²) in [6.45, 7) is 0.429. The Labute approximate surface area is 137 Å². The topological polar surface area (TPSA) is 40.6 Å². The molecule has 1 aromatic carbocycles. The third-order valence-electron chi connectivity index (χ3n) is 6.05. The highest BCUT2D eigenvalue weighted by molar-refractivity contribution is 6.06. The second-order valence-corrected chi connectivity index (χ2v) is 7.44. The third-order valence-corrected chi connectivity index (χ3v) is 6.05. The van der Waals surface area contributed by atoms with Gasteiger partial charge in [-0.2, -0.15) is 0 Å². The second kappa shape index (κ2) is 5.45. The van der Waals surface area contributed by atoms with Crippen LogP contribution in [-0.4, -0.2) is 35.3 Å². The normalized spacial score (nSPS) is 25.8. The summed E-state index contributed by atoms with van der Waals surface area (Å²) in [7, 11) is 2.03. The summed E-state index contributed by atoms with van der Waals surface area (Å²) in [6, 6.07) is 8.83. The minimum Gasteiger partial charge on any atom is -0.282 e. The standard InChI is InChI=1S/C19H24N2O2/c1-20(16-9-8-14-6-2-3-7-15(14)16)13-21-17(22)12-19(18(21)23)10-4-5-11-19/h2-3,6-7,16H,4-5,8-13H2,1H3/t16-/m0/s1. The van der Waals surface area contributed by atoms with Crippen LogP contribution >= 0.6 is 0 Å². The van der Waals surface area contributed by atoms with Gasteiger partial charge in [-0.15, -0.1) is 0 Å². The Morgan fingerprint density at radius 1 is 1.22 bits per heavy atom. The van der Waals surface area contributed by atoms with Crippen LogP contribution in [0.5, 0.6) is 0 Å². The smallest absolute Gasteiger partial charge is 0.237 e. The van der Waals surface area contributed by atoms with Gasteiger partial charge < -0.3 is 0 Å². The van der Waals surface area contributed by atoms with Crippen molar-refractivity contribution in [2.45, 2.75) is 51.0 Å². The van der Waals surface area contributed by atoms with E-state index in [-0.39, 0.29) is 17.2 Å². The lowest BCUT2D eigenvalue weighted by Crippen LogP contribution is -2.42. The largest absolute Gasteiger partial charge is 0.282 e. The van der Waals surface area contributed by atoms with E-state index in [4.69, 9.17) is 0 Å². The minimum absolute atomic E-state index is 0.0232. The van der Waals surface area contributed by atoms with E-state index in [0.717, 1.165) is 38.5 Å². The summed E-state index contributed by atoms with van der Waals surface area (Å²) in [5.41, 5.74) is 2.39. The Hall–Kier alpha value is -1.68. The van der Waals surface area contributed by atoms with E-state index in [2.05, 4.69) is 29.2 Å². The van der Waals surface area contributed by atoms with Crippen LogP contribution in [0.3, 0.4) is 0 Å². The van der Waals surface area contributed by atoms with Gasteiger partial charge in [-0.05, 0) is 43.9 Å². The maximum atomic E-state index is 12.8. The van der Waals surface area contributed by atoms with Gasteiger partial charge in [0.2, 0.25) is 11.8 Å². The van der Waals surface area contributed by atoms with Gasteiger partial charge in [0, 0.05) is 12.5 Å². The highest BCUT2D eigenvalue weighted by atomic mass is 16.2. The molecule has 0 radical (unpaired) electrons. The van der Waals surface area contributed by atoms with Gasteiger partial charge in [0.1, 0.15) is 0 Å². The molecule has 3 aliphatic rings. The number of likely N-dealkylation sites (tertiary alicyclic amines) is 1. The van der Waals surface area contributed by atoms with Crippen LogP contribution in [-0.2, 0) is 16.0 Å². The molecule has 23 heavy (non-hydrogen) atoms. The first-order valence-corrected chi connectivity index (χ1v) is 8.74. The summed E-state index contributed by atoms with van der Waals surface area (Å²) in [5, 5.41) is 0. The quantitative estimate of drug-likeness (QED) is 0.806. The molecule has 0 unspecified atom stereocenters. The Kier molecular flexibility index (Phi) is 3.52. The van der Waals surface area contributed by atoms with Crippen molar-refractivity contribution in [3.8, 4) is 0 Å².